The zero-order valence-electron chi connectivity index (χ0n) is 20.9. The van der Waals surface area contributed by atoms with E-state index in [-0.39, 0.29) is 18.8 Å². The molecule has 0 aliphatic carbocycles. The predicted octanol–water partition coefficient (Wildman–Crippen LogP) is 5.61. The summed E-state index contributed by atoms with van der Waals surface area (Å²) in [4.78, 5) is 17.8. The molecule has 0 radical (unpaired) electrons. The summed E-state index contributed by atoms with van der Waals surface area (Å²) < 4.78 is 54.9. The summed E-state index contributed by atoms with van der Waals surface area (Å²) in [6.45, 7) is 2.49. The molecule has 0 spiro atoms. The highest BCUT2D eigenvalue weighted by molar-refractivity contribution is 5.68. The Labute approximate surface area is 214 Å². The van der Waals surface area contributed by atoms with Gasteiger partial charge in [-0.25, -0.2) is 4.98 Å². The highest BCUT2D eigenvalue weighted by Gasteiger charge is 2.28. The fourth-order valence-electron chi connectivity index (χ4n) is 5.05. The number of halogens is 3. The Hall–Kier alpha value is -3.17. The van der Waals surface area contributed by atoms with Gasteiger partial charge < -0.3 is 24.2 Å². The van der Waals surface area contributed by atoms with Gasteiger partial charge in [-0.05, 0) is 49.7 Å². The van der Waals surface area contributed by atoms with Crippen LogP contribution in [0.4, 0.5) is 18.9 Å². The van der Waals surface area contributed by atoms with E-state index in [0.29, 0.717) is 49.4 Å². The maximum atomic E-state index is 12.6. The van der Waals surface area contributed by atoms with Crippen LogP contribution < -0.4 is 19.1 Å². The van der Waals surface area contributed by atoms with Crippen LogP contribution in [0.3, 0.4) is 0 Å². The number of methoxy groups -OCH3 is 1. The van der Waals surface area contributed by atoms with Crippen LogP contribution in [-0.2, 0) is 11.2 Å². The quantitative estimate of drug-likeness (QED) is 0.434. The van der Waals surface area contributed by atoms with Crippen molar-refractivity contribution < 1.29 is 37.3 Å². The maximum absolute atomic E-state index is 12.6. The van der Waals surface area contributed by atoms with Gasteiger partial charge in [-0.1, -0.05) is 6.07 Å². The second-order valence-electron chi connectivity index (χ2n) is 9.70. The number of pyridine rings is 1. The molecule has 1 aromatic carbocycles. The number of carboxylic acid groups (broad SMARTS) is 1. The molecular formula is C27H33F3N2O5. The average Bonchev–Trinajstić information content (AvgIpc) is 2.87. The summed E-state index contributed by atoms with van der Waals surface area (Å²) >= 11 is 0. The second-order valence-corrected chi connectivity index (χ2v) is 9.70. The van der Waals surface area contributed by atoms with Gasteiger partial charge in [0.05, 0.1) is 32.9 Å². The molecule has 1 saturated heterocycles. The van der Waals surface area contributed by atoms with Crippen molar-refractivity contribution in [1.29, 1.82) is 0 Å². The van der Waals surface area contributed by atoms with E-state index < -0.39 is 18.6 Å². The lowest BCUT2D eigenvalue weighted by Gasteiger charge is -2.35. The maximum Gasteiger partial charge on any atom is 0.389 e. The summed E-state index contributed by atoms with van der Waals surface area (Å²) in [6, 6.07) is 7.36. The van der Waals surface area contributed by atoms with Gasteiger partial charge in [0.1, 0.15) is 11.5 Å². The van der Waals surface area contributed by atoms with E-state index in [4.69, 9.17) is 14.2 Å². The number of hydrogen-bond acceptors (Lipinski definition) is 6. The smallest absolute Gasteiger partial charge is 0.389 e. The first kappa shape index (κ1) is 26.9. The fraction of sp³-hybridized carbons (Fsp3) is 0.556. The molecule has 2 aliphatic heterocycles. The van der Waals surface area contributed by atoms with Crippen molar-refractivity contribution in [3.63, 3.8) is 0 Å². The standard InChI is InChI=1S/C27H33F3N2O5/c1-35-21-5-4-19(3-2-9-27(28,29)30)23(14-21)32-10-6-18(7-11-32)17-37-25-15-22-20(13-26(33)34)8-12-36-24(22)16-31-25/h4-5,14-16,18,20H,2-3,6-13,17H2,1H3,(H,33,34). The van der Waals surface area contributed by atoms with E-state index in [1.165, 1.54) is 0 Å². The van der Waals surface area contributed by atoms with Gasteiger partial charge in [-0.15, -0.1) is 0 Å². The van der Waals surface area contributed by atoms with Crippen molar-refractivity contribution in [3.8, 4) is 17.4 Å². The molecule has 1 unspecified atom stereocenters. The molecule has 2 aliphatic rings. The zero-order chi connectivity index (χ0) is 26.4. The minimum atomic E-state index is -4.15. The monoisotopic (exact) mass is 522 g/mol. The highest BCUT2D eigenvalue weighted by atomic mass is 19.4. The Kier molecular flexibility index (Phi) is 8.66. The van der Waals surface area contributed by atoms with Crippen molar-refractivity contribution in [2.75, 3.05) is 38.3 Å². The van der Waals surface area contributed by atoms with Crippen molar-refractivity contribution >= 4 is 11.7 Å². The molecule has 1 fully saturated rings. The molecule has 0 bridgehead atoms. The normalized spacial score (nSPS) is 18.2. The molecule has 3 heterocycles. The molecule has 0 amide bonds. The number of alkyl halides is 3. The number of aromatic nitrogens is 1. The van der Waals surface area contributed by atoms with E-state index in [1.807, 2.05) is 12.1 Å². The number of anilines is 1. The van der Waals surface area contributed by atoms with Crippen LogP contribution in [0.1, 0.15) is 55.6 Å². The number of benzene rings is 1. The molecule has 10 heteroatoms. The largest absolute Gasteiger partial charge is 0.497 e. The van der Waals surface area contributed by atoms with Crippen LogP contribution >= 0.6 is 0 Å². The molecule has 37 heavy (non-hydrogen) atoms. The summed E-state index contributed by atoms with van der Waals surface area (Å²) in [6.07, 6.45) is -0.504. The van der Waals surface area contributed by atoms with Crippen LogP contribution in [-0.4, -0.2) is 55.6 Å². The summed E-state index contributed by atoms with van der Waals surface area (Å²) in [7, 11) is 1.58. The first-order valence-corrected chi connectivity index (χ1v) is 12.7. The molecule has 4 rings (SSSR count). The Balaban J connectivity index is 1.34. The Morgan fingerprint density at radius 3 is 2.70 bits per heavy atom. The van der Waals surface area contributed by atoms with Gasteiger partial charge in [0.15, 0.2) is 0 Å². The van der Waals surface area contributed by atoms with E-state index in [2.05, 4.69) is 9.88 Å². The minimum absolute atomic E-state index is 0.0424. The second kappa shape index (κ2) is 11.9. The third-order valence-corrected chi connectivity index (χ3v) is 7.08. The number of fused-ring (bicyclic) bond motifs is 1. The van der Waals surface area contributed by atoms with Gasteiger partial charge in [0, 0.05) is 48.8 Å². The van der Waals surface area contributed by atoms with Crippen LogP contribution in [0, 0.1) is 5.92 Å². The average molecular weight is 523 g/mol. The SMILES string of the molecule is COc1ccc(CCCC(F)(F)F)c(N2CCC(COc3cc4c(cn3)OCCC4CC(=O)O)CC2)c1. The molecule has 1 N–H and O–H groups in total. The zero-order valence-corrected chi connectivity index (χ0v) is 20.9. The first-order valence-electron chi connectivity index (χ1n) is 12.7. The summed E-state index contributed by atoms with van der Waals surface area (Å²) in [5.74, 6) is 1.10. The third kappa shape index (κ3) is 7.42. The van der Waals surface area contributed by atoms with Gasteiger partial charge in [-0.3, -0.25) is 4.79 Å². The fourth-order valence-corrected chi connectivity index (χ4v) is 5.05. The topological polar surface area (TPSA) is 81.1 Å². The Morgan fingerprint density at radius 2 is 2.00 bits per heavy atom. The number of aryl methyl sites for hydroxylation is 1. The lowest BCUT2D eigenvalue weighted by atomic mass is 9.91. The minimum Gasteiger partial charge on any atom is -0.497 e. The molecule has 7 nitrogen and oxygen atoms in total. The molecule has 2 aromatic rings. The first-order chi connectivity index (χ1) is 17.7. The lowest BCUT2D eigenvalue weighted by molar-refractivity contribution is -0.138. The van der Waals surface area contributed by atoms with Crippen molar-refractivity contribution in [2.45, 2.75) is 57.0 Å². The summed E-state index contributed by atoms with van der Waals surface area (Å²) in [5.41, 5.74) is 2.66. The van der Waals surface area contributed by atoms with Crippen LogP contribution in [0.5, 0.6) is 17.4 Å². The number of aliphatic carboxylic acids is 1. The van der Waals surface area contributed by atoms with Gasteiger partial charge in [0.2, 0.25) is 5.88 Å². The van der Waals surface area contributed by atoms with Crippen molar-refractivity contribution in [3.05, 3.63) is 41.6 Å². The number of piperidine rings is 1. The van der Waals surface area contributed by atoms with Crippen molar-refractivity contribution in [1.82, 2.24) is 4.98 Å². The van der Waals surface area contributed by atoms with Crippen LogP contribution in [0.25, 0.3) is 0 Å². The Morgan fingerprint density at radius 1 is 1.22 bits per heavy atom. The third-order valence-electron chi connectivity index (χ3n) is 7.08. The molecule has 1 aromatic heterocycles. The number of carbonyl (C=O) groups is 1. The molecule has 1 atom stereocenters. The number of nitrogens with zero attached hydrogens (tertiary/aromatic N) is 2. The van der Waals surface area contributed by atoms with Gasteiger partial charge in [-0.2, -0.15) is 13.2 Å². The van der Waals surface area contributed by atoms with E-state index in [9.17, 15) is 23.1 Å². The lowest BCUT2D eigenvalue weighted by Crippen LogP contribution is -2.36. The molecular weight excluding hydrogens is 489 g/mol. The number of carboxylic acids is 1. The number of hydrogen-bond donors (Lipinski definition) is 1. The highest BCUT2D eigenvalue weighted by Crippen LogP contribution is 2.37. The van der Waals surface area contributed by atoms with E-state index >= 15 is 0 Å². The Bertz CT molecular complexity index is 1070. The predicted molar refractivity (Wildman–Crippen MR) is 132 cm³/mol. The molecule has 202 valence electrons. The molecule has 0 saturated carbocycles. The summed E-state index contributed by atoms with van der Waals surface area (Å²) in [5, 5.41) is 9.22. The van der Waals surface area contributed by atoms with Crippen LogP contribution in [0.15, 0.2) is 30.5 Å². The number of rotatable bonds is 10. The number of ether oxygens (including phenoxy) is 3. The van der Waals surface area contributed by atoms with Gasteiger partial charge in [0.25, 0.3) is 0 Å². The van der Waals surface area contributed by atoms with E-state index in [0.717, 1.165) is 42.7 Å². The van der Waals surface area contributed by atoms with Crippen molar-refractivity contribution in [2.24, 2.45) is 5.92 Å². The van der Waals surface area contributed by atoms with Gasteiger partial charge >= 0.3 is 12.1 Å². The van der Waals surface area contributed by atoms with E-state index in [1.54, 1.807) is 25.4 Å². The van der Waals surface area contributed by atoms with Crippen LogP contribution in [0.2, 0.25) is 0 Å².